The monoisotopic (exact) mass is 514 g/mol. The number of carbonyl (C=O) groups excluding carboxylic acids is 1. The van der Waals surface area contributed by atoms with Gasteiger partial charge in [-0.15, -0.1) is 0 Å². The molecule has 3 heterocycles. The van der Waals surface area contributed by atoms with Crippen molar-refractivity contribution in [3.8, 4) is 0 Å². The molecule has 2 aromatic carbocycles. The van der Waals surface area contributed by atoms with E-state index >= 15 is 0 Å². The maximum atomic E-state index is 13.0. The van der Waals surface area contributed by atoms with E-state index < -0.39 is 0 Å². The summed E-state index contributed by atoms with van der Waals surface area (Å²) in [6, 6.07) is 20.5. The van der Waals surface area contributed by atoms with Crippen LogP contribution in [0, 0.1) is 0 Å². The summed E-state index contributed by atoms with van der Waals surface area (Å²) in [5.41, 5.74) is 3.13. The molecule has 2 aromatic heterocycles. The molecule has 192 valence electrons. The third-order valence-electron chi connectivity index (χ3n) is 6.74. The number of fused-ring (bicyclic) bond motifs is 1. The maximum absolute atomic E-state index is 13.0. The van der Waals surface area contributed by atoms with Gasteiger partial charge in [-0.1, -0.05) is 79.3 Å². The van der Waals surface area contributed by atoms with Gasteiger partial charge in [0.1, 0.15) is 5.82 Å². The second kappa shape index (κ2) is 12.2. The van der Waals surface area contributed by atoms with E-state index in [0.29, 0.717) is 19.5 Å². The van der Waals surface area contributed by atoms with Gasteiger partial charge in [-0.05, 0) is 30.4 Å². The first-order valence-electron chi connectivity index (χ1n) is 13.2. The highest BCUT2D eigenvalue weighted by Gasteiger charge is 2.21. The molecule has 0 bridgehead atoms. The van der Waals surface area contributed by atoms with Crippen LogP contribution in [0.2, 0.25) is 0 Å². The van der Waals surface area contributed by atoms with Crippen LogP contribution in [0.25, 0.3) is 11.0 Å². The van der Waals surface area contributed by atoms with Gasteiger partial charge in [0, 0.05) is 37.7 Å². The molecule has 0 saturated carbocycles. The van der Waals surface area contributed by atoms with Gasteiger partial charge in [0.25, 0.3) is 0 Å². The Bertz CT molecular complexity index is 1260. The molecule has 8 heteroatoms. The molecule has 37 heavy (non-hydrogen) atoms. The zero-order valence-electron chi connectivity index (χ0n) is 21.3. The average molecular weight is 515 g/mol. The third kappa shape index (κ3) is 6.13. The van der Waals surface area contributed by atoms with Gasteiger partial charge in [-0.3, -0.25) is 4.79 Å². The van der Waals surface area contributed by atoms with Crippen LogP contribution in [0.15, 0.2) is 72.0 Å². The summed E-state index contributed by atoms with van der Waals surface area (Å²) in [7, 11) is 0. The van der Waals surface area contributed by atoms with Crippen LogP contribution in [-0.2, 0) is 11.3 Å². The molecule has 0 radical (unpaired) electrons. The fraction of sp³-hybridized carbons (Fsp3) is 0.379. The fourth-order valence-electron chi connectivity index (χ4n) is 4.87. The van der Waals surface area contributed by atoms with Gasteiger partial charge in [0.2, 0.25) is 5.91 Å². The number of benzene rings is 2. The Morgan fingerprint density at radius 1 is 1.00 bits per heavy atom. The molecule has 1 fully saturated rings. The molecule has 1 aliphatic rings. The van der Waals surface area contributed by atoms with E-state index in [-0.39, 0.29) is 11.8 Å². The van der Waals surface area contributed by atoms with Crippen molar-refractivity contribution in [3.05, 3.63) is 78.0 Å². The van der Waals surface area contributed by atoms with Crippen molar-refractivity contribution in [2.75, 3.05) is 30.3 Å². The maximum Gasteiger partial charge on any atom is 0.221 e. The number of thioether (sulfide) groups is 1. The van der Waals surface area contributed by atoms with Crippen LogP contribution in [0.4, 0.5) is 5.82 Å². The van der Waals surface area contributed by atoms with Crippen LogP contribution >= 0.6 is 11.8 Å². The lowest BCUT2D eigenvalue weighted by Crippen LogP contribution is -2.29. The lowest BCUT2D eigenvalue weighted by atomic mass is 9.88. The second-order valence-corrected chi connectivity index (χ2v) is 10.5. The number of amides is 1. The van der Waals surface area contributed by atoms with E-state index in [1.165, 1.54) is 12.8 Å². The van der Waals surface area contributed by atoms with Crippen LogP contribution < -0.4 is 10.2 Å². The number of rotatable bonds is 11. The van der Waals surface area contributed by atoms with Gasteiger partial charge < -0.3 is 10.2 Å². The number of aromatic nitrogens is 4. The second-order valence-electron chi connectivity index (χ2n) is 9.41. The van der Waals surface area contributed by atoms with Gasteiger partial charge in [-0.2, -0.15) is 5.10 Å². The first kappa shape index (κ1) is 25.3. The minimum Gasteiger partial charge on any atom is -0.356 e. The molecule has 0 spiro atoms. The minimum absolute atomic E-state index is 0.0156. The Labute approximate surface area is 222 Å². The number of carbonyl (C=O) groups is 1. The van der Waals surface area contributed by atoms with Crippen molar-refractivity contribution in [2.24, 2.45) is 0 Å². The zero-order chi connectivity index (χ0) is 25.5. The lowest BCUT2D eigenvalue weighted by Gasteiger charge is -2.18. The number of anilines is 1. The number of hydrogen-bond acceptors (Lipinski definition) is 6. The Kier molecular flexibility index (Phi) is 8.35. The molecule has 0 atom stereocenters. The topological polar surface area (TPSA) is 75.9 Å². The van der Waals surface area contributed by atoms with E-state index in [1.54, 1.807) is 11.8 Å². The quantitative estimate of drug-likeness (QED) is 0.217. The summed E-state index contributed by atoms with van der Waals surface area (Å²) in [6.45, 7) is 5.27. The SMILES string of the molecule is CCCSc1nc(N2CCCC2)c2cnn(CCNC(=O)CC(c3ccccc3)c3ccccc3)c2n1. The molecule has 1 N–H and O–H groups in total. The van der Waals surface area contributed by atoms with Crippen molar-refractivity contribution >= 4 is 34.5 Å². The van der Waals surface area contributed by atoms with Crippen molar-refractivity contribution < 1.29 is 4.79 Å². The van der Waals surface area contributed by atoms with E-state index in [9.17, 15) is 4.79 Å². The first-order valence-corrected chi connectivity index (χ1v) is 14.2. The Hall–Kier alpha value is -3.39. The largest absolute Gasteiger partial charge is 0.356 e. The number of hydrogen-bond donors (Lipinski definition) is 1. The van der Waals surface area contributed by atoms with E-state index in [1.807, 2.05) is 47.3 Å². The molecule has 0 aliphatic carbocycles. The summed E-state index contributed by atoms with van der Waals surface area (Å²) in [5, 5.41) is 9.53. The van der Waals surface area contributed by atoms with Gasteiger partial charge in [-0.25, -0.2) is 14.6 Å². The Morgan fingerprint density at radius 3 is 2.32 bits per heavy atom. The van der Waals surface area contributed by atoms with Gasteiger partial charge in [0.05, 0.1) is 18.1 Å². The van der Waals surface area contributed by atoms with Crippen molar-refractivity contribution in [3.63, 3.8) is 0 Å². The minimum atomic E-state index is 0.0156. The standard InChI is InChI=1S/C29H34N6OS/c1-2-19-37-29-32-27(34-16-9-10-17-34)25-21-31-35(28(25)33-29)18-15-30-26(36)20-24(22-11-5-3-6-12-22)23-13-7-4-8-14-23/h3-8,11-14,21,24H,2,9-10,15-20H2,1H3,(H,30,36). The van der Waals surface area contributed by atoms with E-state index in [0.717, 1.165) is 58.4 Å². The average Bonchev–Trinajstić information content (AvgIpc) is 3.62. The van der Waals surface area contributed by atoms with E-state index in [4.69, 9.17) is 9.97 Å². The molecule has 1 aliphatic heterocycles. The molecule has 5 rings (SSSR count). The number of nitrogens with zero attached hydrogens (tertiary/aromatic N) is 5. The van der Waals surface area contributed by atoms with Crippen LogP contribution in [-0.4, -0.2) is 51.0 Å². The van der Waals surface area contributed by atoms with Crippen molar-refractivity contribution in [1.29, 1.82) is 0 Å². The molecule has 4 aromatic rings. The van der Waals surface area contributed by atoms with Crippen molar-refractivity contribution in [1.82, 2.24) is 25.1 Å². The van der Waals surface area contributed by atoms with Gasteiger partial charge >= 0.3 is 0 Å². The lowest BCUT2D eigenvalue weighted by molar-refractivity contribution is -0.121. The third-order valence-corrected chi connectivity index (χ3v) is 7.79. The highest BCUT2D eigenvalue weighted by atomic mass is 32.2. The Balaban J connectivity index is 1.28. The normalized spacial score (nSPS) is 13.5. The predicted octanol–water partition coefficient (Wildman–Crippen LogP) is 5.27. The summed E-state index contributed by atoms with van der Waals surface area (Å²) in [4.78, 5) is 25.1. The van der Waals surface area contributed by atoms with Crippen LogP contribution in [0.5, 0.6) is 0 Å². The predicted molar refractivity (Wildman–Crippen MR) is 150 cm³/mol. The highest BCUT2D eigenvalue weighted by molar-refractivity contribution is 7.99. The summed E-state index contributed by atoms with van der Waals surface area (Å²) < 4.78 is 1.90. The first-order chi connectivity index (χ1) is 18.2. The highest BCUT2D eigenvalue weighted by Crippen LogP contribution is 2.30. The smallest absolute Gasteiger partial charge is 0.221 e. The van der Waals surface area contributed by atoms with E-state index in [2.05, 4.69) is 46.5 Å². The molecule has 1 saturated heterocycles. The fourth-order valence-corrected chi connectivity index (χ4v) is 5.56. The molecule has 7 nitrogen and oxygen atoms in total. The molecular formula is C29H34N6OS. The van der Waals surface area contributed by atoms with Crippen LogP contribution in [0.1, 0.15) is 49.7 Å². The summed E-state index contributed by atoms with van der Waals surface area (Å²) in [6.07, 6.45) is 5.72. The molecular weight excluding hydrogens is 480 g/mol. The molecule has 0 unspecified atom stereocenters. The zero-order valence-corrected chi connectivity index (χ0v) is 22.2. The molecule has 1 amide bonds. The number of nitrogens with one attached hydrogen (secondary N) is 1. The van der Waals surface area contributed by atoms with Crippen molar-refractivity contribution in [2.45, 2.75) is 50.2 Å². The Morgan fingerprint density at radius 2 is 1.68 bits per heavy atom. The van der Waals surface area contributed by atoms with Crippen LogP contribution in [0.3, 0.4) is 0 Å². The van der Waals surface area contributed by atoms with Gasteiger partial charge in [0.15, 0.2) is 10.8 Å². The summed E-state index contributed by atoms with van der Waals surface area (Å²) >= 11 is 1.69. The summed E-state index contributed by atoms with van der Waals surface area (Å²) in [5.74, 6) is 2.02.